The van der Waals surface area contributed by atoms with E-state index < -0.39 is 65.0 Å². The molecule has 5 fully saturated rings. The van der Waals surface area contributed by atoms with Crippen LogP contribution in [0.2, 0.25) is 0 Å². The monoisotopic (exact) mass is 420 g/mol. The van der Waals surface area contributed by atoms with Gasteiger partial charge < -0.3 is 29.2 Å². The highest BCUT2D eigenvalue weighted by Gasteiger charge is 2.98. The number of carbonyl (C=O) groups is 3. The first-order chi connectivity index (χ1) is 13.9. The van der Waals surface area contributed by atoms with Crippen LogP contribution in [0.15, 0.2) is 11.1 Å². The van der Waals surface area contributed by atoms with Crippen molar-refractivity contribution in [1.82, 2.24) is 0 Å². The first kappa shape index (κ1) is 18.8. The van der Waals surface area contributed by atoms with Crippen LogP contribution in [0, 0.1) is 22.2 Å². The molecule has 9 heteroatoms. The summed E-state index contributed by atoms with van der Waals surface area (Å²) in [6.45, 7) is 7.64. The van der Waals surface area contributed by atoms with Gasteiger partial charge in [-0.25, -0.2) is 14.4 Å². The van der Waals surface area contributed by atoms with E-state index in [1.165, 1.54) is 6.92 Å². The molecule has 2 spiro atoms. The molecule has 2 saturated carbocycles. The molecule has 9 nitrogen and oxygen atoms in total. The average Bonchev–Trinajstić information content (AvgIpc) is 3.34. The normalized spacial score (nSPS) is 52.8. The molecule has 30 heavy (non-hydrogen) atoms. The van der Waals surface area contributed by atoms with Gasteiger partial charge in [-0.1, -0.05) is 20.8 Å². The third-order valence-electron chi connectivity index (χ3n) is 8.31. The number of aliphatic hydroxyl groups excluding tert-OH is 2. The Morgan fingerprint density at radius 1 is 1.10 bits per heavy atom. The molecule has 2 N–H and O–H groups in total. The molecule has 6 aliphatic rings. The predicted molar refractivity (Wildman–Crippen MR) is 95.2 cm³/mol. The summed E-state index contributed by atoms with van der Waals surface area (Å²) < 4.78 is 22.9. The molecule has 162 valence electrons. The van der Waals surface area contributed by atoms with Gasteiger partial charge in [-0.15, -0.1) is 0 Å². The molecule has 3 saturated heterocycles. The first-order valence-corrected chi connectivity index (χ1v) is 10.3. The van der Waals surface area contributed by atoms with Crippen molar-refractivity contribution >= 4 is 17.9 Å². The molecule has 0 amide bonds. The standard InChI is InChI=1S/C21H24O9/c1-7-10-11(28-14(7)24)12(22)20-9-5-8(6-18(2,3)4)19(20)13(23)15(25)29-17(19)30-21(10,20)16(26)27-9/h8-9,11-13,17,22-23H,5-6H2,1-4H3/t8-,9?,11?,12-,13?,17?,19?,20-,21?/m1/s1. The molecular weight excluding hydrogens is 396 g/mol. The van der Waals surface area contributed by atoms with E-state index in [1.807, 2.05) is 20.8 Å². The molecule has 2 aliphatic carbocycles. The van der Waals surface area contributed by atoms with Gasteiger partial charge in [0.15, 0.2) is 12.2 Å². The van der Waals surface area contributed by atoms with Crippen molar-refractivity contribution in [2.75, 3.05) is 0 Å². The lowest BCUT2D eigenvalue weighted by molar-refractivity contribution is -0.191. The lowest BCUT2D eigenvalue weighted by atomic mass is 9.53. The van der Waals surface area contributed by atoms with Crippen LogP contribution in [0.1, 0.15) is 40.5 Å². The summed E-state index contributed by atoms with van der Waals surface area (Å²) in [5.41, 5.74) is -4.45. The van der Waals surface area contributed by atoms with Gasteiger partial charge in [-0.3, -0.25) is 0 Å². The summed E-state index contributed by atoms with van der Waals surface area (Å²) in [4.78, 5) is 38.1. The topological polar surface area (TPSA) is 129 Å². The van der Waals surface area contributed by atoms with Gasteiger partial charge in [0.05, 0.1) is 10.8 Å². The second-order valence-corrected chi connectivity index (χ2v) is 10.7. The average molecular weight is 420 g/mol. The zero-order valence-corrected chi connectivity index (χ0v) is 17.1. The number of aliphatic hydroxyl groups is 2. The van der Waals surface area contributed by atoms with Crippen molar-refractivity contribution in [3.05, 3.63) is 11.1 Å². The predicted octanol–water partition coefficient (Wildman–Crippen LogP) is -0.0301. The lowest BCUT2D eigenvalue weighted by Crippen LogP contribution is -2.61. The quantitative estimate of drug-likeness (QED) is 0.444. The summed E-state index contributed by atoms with van der Waals surface area (Å²) in [5.74, 6) is -2.53. The maximum atomic E-state index is 13.3. The van der Waals surface area contributed by atoms with Crippen molar-refractivity contribution in [3.63, 3.8) is 0 Å². The maximum Gasteiger partial charge on any atom is 0.344 e. The molecule has 4 aliphatic heterocycles. The van der Waals surface area contributed by atoms with Crippen molar-refractivity contribution in [1.29, 1.82) is 0 Å². The van der Waals surface area contributed by atoms with Gasteiger partial charge in [0.1, 0.15) is 12.2 Å². The summed E-state index contributed by atoms with van der Waals surface area (Å²) in [6, 6.07) is 0. The van der Waals surface area contributed by atoms with E-state index in [4.69, 9.17) is 18.9 Å². The van der Waals surface area contributed by atoms with E-state index in [0.29, 0.717) is 12.8 Å². The Labute approximate surface area is 172 Å². The largest absolute Gasteiger partial charge is 0.459 e. The third-order valence-corrected chi connectivity index (χ3v) is 8.31. The Bertz CT molecular complexity index is 962. The highest BCUT2D eigenvalue weighted by molar-refractivity contribution is 6.00. The highest BCUT2D eigenvalue weighted by atomic mass is 16.7. The van der Waals surface area contributed by atoms with E-state index in [9.17, 15) is 24.6 Å². The third kappa shape index (κ3) is 1.51. The van der Waals surface area contributed by atoms with E-state index >= 15 is 0 Å². The Kier molecular flexibility index (Phi) is 3.08. The second-order valence-electron chi connectivity index (χ2n) is 10.7. The van der Waals surface area contributed by atoms with E-state index in [1.54, 1.807) is 0 Å². The van der Waals surface area contributed by atoms with E-state index in [0.717, 1.165) is 0 Å². The smallest absolute Gasteiger partial charge is 0.344 e. The molecule has 0 aromatic rings. The molecule has 9 atom stereocenters. The fraction of sp³-hybridized carbons (Fsp3) is 0.762. The Hall–Kier alpha value is -1.97. The molecule has 0 aromatic carbocycles. The van der Waals surface area contributed by atoms with Gasteiger partial charge in [0.25, 0.3) is 0 Å². The number of carbonyl (C=O) groups excluding carboxylic acids is 3. The SMILES string of the molecule is CC1=C2C(OC1=O)[C@@H](O)[C@]13C4C[C@H](CC(C)(C)C)C15C(OC(=O)C5O)OC23C(=O)O4. The number of hydrogen-bond donors (Lipinski definition) is 2. The molecule has 0 radical (unpaired) electrons. The molecule has 0 aromatic heterocycles. The fourth-order valence-electron chi connectivity index (χ4n) is 7.72. The van der Waals surface area contributed by atoms with Crippen LogP contribution in [-0.2, 0) is 33.3 Å². The van der Waals surface area contributed by atoms with Crippen molar-refractivity contribution in [2.45, 2.75) is 76.8 Å². The van der Waals surface area contributed by atoms with Crippen LogP contribution in [0.25, 0.3) is 0 Å². The first-order valence-electron chi connectivity index (χ1n) is 10.3. The van der Waals surface area contributed by atoms with Crippen LogP contribution in [-0.4, -0.2) is 64.4 Å². The van der Waals surface area contributed by atoms with Gasteiger partial charge >= 0.3 is 17.9 Å². The number of fused-ring (bicyclic) bond motifs is 1. The van der Waals surface area contributed by atoms with Crippen LogP contribution in [0.4, 0.5) is 0 Å². The highest BCUT2D eigenvalue weighted by Crippen LogP contribution is 2.82. The number of esters is 3. The van der Waals surface area contributed by atoms with Crippen molar-refractivity contribution in [2.24, 2.45) is 22.2 Å². The Balaban J connectivity index is 1.67. The Morgan fingerprint density at radius 3 is 2.47 bits per heavy atom. The number of rotatable bonds is 1. The van der Waals surface area contributed by atoms with Crippen LogP contribution < -0.4 is 0 Å². The van der Waals surface area contributed by atoms with Gasteiger partial charge in [-0.05, 0) is 31.1 Å². The minimum absolute atomic E-state index is 0.180. The lowest BCUT2D eigenvalue weighted by Gasteiger charge is -2.44. The van der Waals surface area contributed by atoms with Gasteiger partial charge in [-0.2, -0.15) is 0 Å². The minimum atomic E-state index is -1.82. The number of hydrogen-bond acceptors (Lipinski definition) is 9. The van der Waals surface area contributed by atoms with Crippen LogP contribution in [0.5, 0.6) is 0 Å². The van der Waals surface area contributed by atoms with Crippen molar-refractivity contribution < 1.29 is 43.5 Å². The Morgan fingerprint density at radius 2 is 1.80 bits per heavy atom. The summed E-state index contributed by atoms with van der Waals surface area (Å²) in [6.07, 6.45) is -5.15. The zero-order valence-electron chi connectivity index (χ0n) is 17.1. The summed E-state index contributed by atoms with van der Waals surface area (Å²) >= 11 is 0. The molecule has 6 rings (SSSR count). The molecule has 0 bridgehead atoms. The summed E-state index contributed by atoms with van der Waals surface area (Å²) in [7, 11) is 0. The van der Waals surface area contributed by atoms with Crippen molar-refractivity contribution in [3.8, 4) is 0 Å². The molecular formula is C21H24O9. The van der Waals surface area contributed by atoms with Gasteiger partial charge in [0.2, 0.25) is 11.9 Å². The maximum absolute atomic E-state index is 13.3. The second kappa shape index (κ2) is 4.92. The van der Waals surface area contributed by atoms with E-state index in [2.05, 4.69) is 0 Å². The zero-order chi connectivity index (χ0) is 21.6. The van der Waals surface area contributed by atoms with E-state index in [-0.39, 0.29) is 22.5 Å². The number of ether oxygens (including phenoxy) is 4. The molecule has 6 unspecified atom stereocenters. The minimum Gasteiger partial charge on any atom is -0.459 e. The van der Waals surface area contributed by atoms with Gasteiger partial charge in [0, 0.05) is 11.1 Å². The van der Waals surface area contributed by atoms with Crippen LogP contribution >= 0.6 is 0 Å². The fourth-order valence-corrected chi connectivity index (χ4v) is 7.72. The van der Waals surface area contributed by atoms with Crippen LogP contribution in [0.3, 0.4) is 0 Å². The molecule has 4 heterocycles. The summed E-state index contributed by atoms with van der Waals surface area (Å²) in [5, 5.41) is 22.8.